The molecule has 19 heteroatoms. The third kappa shape index (κ3) is 6.13. The van der Waals surface area contributed by atoms with E-state index in [-0.39, 0.29) is 71.2 Å². The summed E-state index contributed by atoms with van der Waals surface area (Å²) in [5.41, 5.74) is 1.81. The second-order valence-electron chi connectivity index (χ2n) is 19.6. The molecule has 3 aliphatic heterocycles. The number of aromatic amines is 1. The van der Waals surface area contributed by atoms with Crippen LogP contribution in [0.2, 0.25) is 0 Å². The zero-order valence-corrected chi connectivity index (χ0v) is 38.1. The summed E-state index contributed by atoms with van der Waals surface area (Å²) in [5, 5.41) is 14.1. The van der Waals surface area contributed by atoms with Crippen LogP contribution < -0.4 is 11.4 Å². The summed E-state index contributed by atoms with van der Waals surface area (Å²) in [4.78, 5) is 47.6. The Morgan fingerprint density at radius 1 is 0.956 bits per heavy atom. The van der Waals surface area contributed by atoms with Crippen molar-refractivity contribution in [2.24, 2.45) is 13.0 Å². The van der Waals surface area contributed by atoms with Crippen molar-refractivity contribution in [3.8, 4) is 17.2 Å². The molecule has 0 unspecified atom stereocenters. The maximum absolute atomic E-state index is 17.2. The first-order valence-electron chi connectivity index (χ1n) is 22.8. The number of carbonyl (C=O) groups excluding carboxylic acids is 1. The summed E-state index contributed by atoms with van der Waals surface area (Å²) in [6, 6.07) is 10.3. The summed E-state index contributed by atoms with van der Waals surface area (Å²) in [6.45, 7) is 9.97. The SMILES string of the molecule is Cc1cc(-n2nc3c(c2-n2ccn(-c4ccc5c(cnn5C)c4F)c2=O)[C@@H]2COC[C@H](C3)N2C(=O)c2cc3cc([C@@H]4CCOC(C)(C)C4)cc(F)c3n2[C@@]2(c3noc(=O)[nH]3)C[C@@H]2C)cc(C)c1F. The summed E-state index contributed by atoms with van der Waals surface area (Å²) in [6.07, 6.45) is 6.40. The highest BCUT2D eigenvalue weighted by molar-refractivity contribution is 6.00. The molecule has 5 atom stereocenters. The largest absolute Gasteiger partial charge is 0.438 e. The van der Waals surface area contributed by atoms with Crippen molar-refractivity contribution in [1.82, 2.24) is 48.3 Å². The molecule has 8 aromatic rings. The van der Waals surface area contributed by atoms with Crippen molar-refractivity contribution in [1.29, 1.82) is 0 Å². The zero-order valence-electron chi connectivity index (χ0n) is 38.1. The average molecular weight is 929 g/mol. The summed E-state index contributed by atoms with van der Waals surface area (Å²) < 4.78 is 73.2. The van der Waals surface area contributed by atoms with E-state index in [4.69, 9.17) is 19.1 Å². The number of imidazole rings is 1. The van der Waals surface area contributed by atoms with Gasteiger partial charge < -0.3 is 18.9 Å². The summed E-state index contributed by atoms with van der Waals surface area (Å²) in [5.74, 6) is -2.50. The van der Waals surface area contributed by atoms with Gasteiger partial charge in [0.15, 0.2) is 11.6 Å². The Balaban J connectivity index is 1.04. The molecule has 3 fully saturated rings. The quantitative estimate of drug-likeness (QED) is 0.178. The molecule has 68 heavy (non-hydrogen) atoms. The number of nitrogens with zero attached hydrogens (tertiary/aromatic N) is 9. The van der Waals surface area contributed by atoms with Crippen molar-refractivity contribution in [2.75, 3.05) is 19.8 Å². The maximum Gasteiger partial charge on any atom is 0.438 e. The number of rotatable bonds is 7. The molecule has 5 aromatic heterocycles. The van der Waals surface area contributed by atoms with E-state index < -0.39 is 52.2 Å². The number of benzene rings is 3. The number of carbonyl (C=O) groups is 1. The number of aryl methyl sites for hydroxylation is 3. The number of amides is 1. The van der Waals surface area contributed by atoms with E-state index in [0.717, 1.165) is 5.56 Å². The van der Waals surface area contributed by atoms with Crippen LogP contribution in [-0.2, 0) is 28.5 Å². The predicted octanol–water partition coefficient (Wildman–Crippen LogP) is 6.96. The van der Waals surface area contributed by atoms with Crippen LogP contribution in [0.5, 0.6) is 0 Å². The molecule has 12 rings (SSSR count). The number of aromatic nitrogens is 9. The van der Waals surface area contributed by atoms with Gasteiger partial charge in [-0.3, -0.25) is 28.1 Å². The normalized spacial score (nSPS) is 23.2. The van der Waals surface area contributed by atoms with Crippen LogP contribution in [-0.4, -0.2) is 85.7 Å². The van der Waals surface area contributed by atoms with Crippen LogP contribution >= 0.6 is 0 Å². The standard InChI is InChI=1S/C49H47F3N10O6/c1-24-13-30(14-25(2)40(24)51)62-43(59-11-10-58(47(59)65)36-8-7-35-32(41(36)52)21-53-57(35)6)39-34(55-62)18-31-22-66-23-38(39)60(31)44(63)37-17-29-15-28(27-9-12-67-48(4,5)20-27)16-33(50)42(29)61(37)49(19-26(49)3)45-54-46(64)68-56-45/h7-8,10-11,13-17,21,26-27,31,38H,9,12,18-20,22-23H2,1-6H3,(H,54,56,64)/t26-,27+,31-,38-,49-/m0/s1. The van der Waals surface area contributed by atoms with Gasteiger partial charge in [-0.2, -0.15) is 10.2 Å². The number of H-pyrrole nitrogens is 1. The minimum atomic E-state index is -1.13. The fourth-order valence-electron chi connectivity index (χ4n) is 11.5. The Bertz CT molecular complexity index is 3530. The fourth-order valence-corrected chi connectivity index (χ4v) is 11.5. The zero-order chi connectivity index (χ0) is 47.3. The van der Waals surface area contributed by atoms with Crippen molar-refractivity contribution in [3.05, 3.63) is 139 Å². The van der Waals surface area contributed by atoms with E-state index in [2.05, 4.69) is 15.2 Å². The smallest absolute Gasteiger partial charge is 0.377 e. The number of hydrogen-bond donors (Lipinski definition) is 1. The van der Waals surface area contributed by atoms with Gasteiger partial charge in [0.05, 0.1) is 70.6 Å². The minimum absolute atomic E-state index is 0.000891. The fraction of sp³-hybridized carbons (Fsp3) is 0.388. The Hall–Kier alpha value is -6.99. The summed E-state index contributed by atoms with van der Waals surface area (Å²) >= 11 is 0. The lowest BCUT2D eigenvalue weighted by atomic mass is 9.83. The van der Waals surface area contributed by atoms with Crippen LogP contribution in [0.25, 0.3) is 39.0 Å². The molecule has 1 N–H and O–H groups in total. The molecular weight excluding hydrogens is 882 g/mol. The molecule has 4 aliphatic rings. The van der Waals surface area contributed by atoms with Gasteiger partial charge in [-0.1, -0.05) is 12.1 Å². The van der Waals surface area contributed by atoms with E-state index in [1.54, 1.807) is 70.1 Å². The number of morpholine rings is 1. The average Bonchev–Trinajstić information content (AvgIpc) is 3.93. The van der Waals surface area contributed by atoms with Gasteiger partial charge in [0.1, 0.15) is 28.7 Å². The molecule has 8 heterocycles. The molecule has 0 spiro atoms. The lowest BCUT2D eigenvalue weighted by Crippen LogP contribution is -2.55. The van der Waals surface area contributed by atoms with Crippen molar-refractivity contribution >= 4 is 27.7 Å². The van der Waals surface area contributed by atoms with Gasteiger partial charge >= 0.3 is 11.4 Å². The highest BCUT2D eigenvalue weighted by atomic mass is 19.1. The number of ether oxygens (including phenoxy) is 2. The molecule has 1 amide bonds. The molecule has 2 bridgehead atoms. The van der Waals surface area contributed by atoms with E-state index >= 15 is 18.0 Å². The van der Waals surface area contributed by atoms with Crippen molar-refractivity contribution < 1.29 is 32.0 Å². The maximum atomic E-state index is 17.2. The summed E-state index contributed by atoms with van der Waals surface area (Å²) in [7, 11) is 1.70. The lowest BCUT2D eigenvalue weighted by Gasteiger charge is -2.45. The Labute approximate surface area is 385 Å². The Morgan fingerprint density at radius 3 is 2.44 bits per heavy atom. The van der Waals surface area contributed by atoms with Gasteiger partial charge in [0.2, 0.25) is 0 Å². The Morgan fingerprint density at radius 2 is 1.72 bits per heavy atom. The van der Waals surface area contributed by atoms with E-state index in [1.165, 1.54) is 33.8 Å². The van der Waals surface area contributed by atoms with Gasteiger partial charge in [-0.25, -0.2) is 27.4 Å². The number of halogens is 3. The van der Waals surface area contributed by atoms with Gasteiger partial charge in [0, 0.05) is 43.4 Å². The van der Waals surface area contributed by atoms with E-state index in [0.29, 0.717) is 64.8 Å². The molecule has 16 nitrogen and oxygen atoms in total. The number of fused-ring (bicyclic) bond motifs is 6. The first-order chi connectivity index (χ1) is 32.5. The highest BCUT2D eigenvalue weighted by Gasteiger charge is 2.60. The molecule has 0 radical (unpaired) electrons. The molecule has 1 aliphatic carbocycles. The monoisotopic (exact) mass is 928 g/mol. The van der Waals surface area contributed by atoms with E-state index in [9.17, 15) is 9.59 Å². The van der Waals surface area contributed by atoms with Crippen LogP contribution in [0.4, 0.5) is 13.2 Å². The van der Waals surface area contributed by atoms with Gasteiger partial charge in [0.25, 0.3) is 5.91 Å². The van der Waals surface area contributed by atoms with Gasteiger partial charge in [-0.05, 0) is 118 Å². The third-order valence-corrected chi connectivity index (χ3v) is 14.8. The van der Waals surface area contributed by atoms with E-state index in [1.807, 2.05) is 26.8 Å². The lowest BCUT2D eigenvalue weighted by molar-refractivity contribution is -0.0593. The molecule has 350 valence electrons. The minimum Gasteiger partial charge on any atom is -0.377 e. The second-order valence-corrected chi connectivity index (χ2v) is 19.6. The molecular formula is C49H47F3N10O6. The first kappa shape index (κ1) is 42.4. The molecule has 1 saturated carbocycles. The van der Waals surface area contributed by atoms with Crippen LogP contribution in [0.3, 0.4) is 0 Å². The number of nitrogens with one attached hydrogen (secondary N) is 1. The van der Waals surface area contributed by atoms with Crippen LogP contribution in [0.15, 0.2) is 75.2 Å². The van der Waals surface area contributed by atoms with Crippen molar-refractivity contribution in [3.63, 3.8) is 0 Å². The Kier molecular flexibility index (Phi) is 9.19. The number of hydrogen-bond acceptors (Lipinski definition) is 9. The third-order valence-electron chi connectivity index (χ3n) is 14.8. The highest BCUT2D eigenvalue weighted by Crippen LogP contribution is 2.56. The van der Waals surface area contributed by atoms with Crippen LogP contribution in [0, 0.1) is 37.2 Å². The predicted molar refractivity (Wildman–Crippen MR) is 241 cm³/mol. The molecule has 3 aromatic carbocycles. The molecule has 2 saturated heterocycles. The topological polar surface area (TPSA) is 165 Å². The second kappa shape index (κ2) is 14.8. The van der Waals surface area contributed by atoms with Gasteiger partial charge in [-0.15, -0.1) is 0 Å². The van der Waals surface area contributed by atoms with Crippen molar-refractivity contribution in [2.45, 2.75) is 89.4 Å². The van der Waals surface area contributed by atoms with Crippen LogP contribution in [0.1, 0.15) is 96.3 Å². The first-order valence-corrected chi connectivity index (χ1v) is 22.8.